The number of hydrogen-bond acceptors (Lipinski definition) is 7. The van der Waals surface area contributed by atoms with E-state index in [0.29, 0.717) is 59.3 Å². The summed E-state index contributed by atoms with van der Waals surface area (Å²) in [5.41, 5.74) is 3.76. The molecular weight excluding hydrogens is 446 g/mol. The molecule has 2 aromatic carbocycles. The Morgan fingerprint density at radius 2 is 1.74 bits per heavy atom. The quantitative estimate of drug-likeness (QED) is 0.399. The van der Waals surface area contributed by atoms with Crippen LogP contribution in [0.2, 0.25) is 0 Å². The molecule has 3 aromatic heterocycles. The molecule has 0 unspecified atom stereocenters. The van der Waals surface area contributed by atoms with Crippen LogP contribution in [-0.4, -0.2) is 50.0 Å². The second-order valence-electron chi connectivity index (χ2n) is 8.96. The lowest BCUT2D eigenvalue weighted by Crippen LogP contribution is -2.29. The molecule has 1 fully saturated rings. The highest BCUT2D eigenvalue weighted by atomic mass is 16.6. The molecule has 0 spiro atoms. The van der Waals surface area contributed by atoms with Crippen molar-refractivity contribution in [2.75, 3.05) is 19.8 Å². The molecule has 0 N–H and O–H groups in total. The molecule has 0 bridgehead atoms. The summed E-state index contributed by atoms with van der Waals surface area (Å²) in [4.78, 5) is 28.6. The van der Waals surface area contributed by atoms with Crippen LogP contribution in [0.1, 0.15) is 18.7 Å². The maximum absolute atomic E-state index is 13.9. The van der Waals surface area contributed by atoms with Crippen LogP contribution < -0.4 is 15.0 Å². The molecule has 1 atom stereocenters. The van der Waals surface area contributed by atoms with Gasteiger partial charge in [-0.25, -0.2) is 15.0 Å². The summed E-state index contributed by atoms with van der Waals surface area (Å²) < 4.78 is 20.9. The zero-order chi connectivity index (χ0) is 23.5. The van der Waals surface area contributed by atoms with E-state index in [2.05, 4.69) is 0 Å². The molecule has 9 heteroatoms. The number of nitrogens with zero attached hydrogens (tertiary/aromatic N) is 5. The monoisotopic (exact) mass is 469 g/mol. The molecule has 5 heterocycles. The van der Waals surface area contributed by atoms with E-state index in [9.17, 15) is 4.79 Å². The standard InChI is InChI=1S/C26H23N5O4/c1-15-27-24-22(26(32)30(15)14-17-5-4-10-33-17)23-25(29-19-7-3-2-6-18(19)28-23)31(24)16-8-9-20-21(13-16)35-12-11-34-20/h2-3,6-9,13,17H,4-5,10-12,14H2,1H3/t17-/m0/s1. The van der Waals surface area contributed by atoms with Crippen molar-refractivity contribution >= 4 is 33.2 Å². The van der Waals surface area contributed by atoms with E-state index in [1.165, 1.54) is 0 Å². The molecule has 0 saturated carbocycles. The molecule has 7 rings (SSSR count). The number of rotatable bonds is 3. The van der Waals surface area contributed by atoms with Crippen molar-refractivity contribution in [1.29, 1.82) is 0 Å². The van der Waals surface area contributed by atoms with Crippen LogP contribution >= 0.6 is 0 Å². The van der Waals surface area contributed by atoms with Gasteiger partial charge in [0, 0.05) is 12.7 Å². The summed E-state index contributed by atoms with van der Waals surface area (Å²) in [6.45, 7) is 4.07. The van der Waals surface area contributed by atoms with Crippen LogP contribution in [0.4, 0.5) is 0 Å². The number of aromatic nitrogens is 5. The van der Waals surface area contributed by atoms with Gasteiger partial charge in [-0.1, -0.05) is 12.1 Å². The average Bonchev–Trinajstić information content (AvgIpc) is 3.50. The van der Waals surface area contributed by atoms with Crippen LogP contribution in [0.25, 0.3) is 38.9 Å². The molecular formula is C26H23N5O4. The second-order valence-corrected chi connectivity index (χ2v) is 8.96. The third-order valence-electron chi connectivity index (χ3n) is 6.75. The Morgan fingerprint density at radius 1 is 0.943 bits per heavy atom. The van der Waals surface area contributed by atoms with E-state index in [-0.39, 0.29) is 11.7 Å². The van der Waals surface area contributed by atoms with Gasteiger partial charge >= 0.3 is 0 Å². The largest absolute Gasteiger partial charge is 0.486 e. The van der Waals surface area contributed by atoms with Crippen molar-refractivity contribution in [2.24, 2.45) is 0 Å². The SMILES string of the molecule is Cc1nc2c(c(=O)n1C[C@@H]1CCCO1)c1nc3ccccc3nc1n2-c1ccc2c(c1)OCCO2. The summed E-state index contributed by atoms with van der Waals surface area (Å²) in [7, 11) is 0. The first-order chi connectivity index (χ1) is 17.2. The highest BCUT2D eigenvalue weighted by Gasteiger charge is 2.25. The first-order valence-corrected chi connectivity index (χ1v) is 11.9. The fourth-order valence-corrected chi connectivity index (χ4v) is 5.05. The van der Waals surface area contributed by atoms with E-state index < -0.39 is 0 Å². The predicted octanol–water partition coefficient (Wildman–Crippen LogP) is 3.54. The van der Waals surface area contributed by atoms with Crippen LogP contribution in [0.15, 0.2) is 47.3 Å². The number of hydrogen-bond donors (Lipinski definition) is 0. The Bertz CT molecular complexity index is 1680. The van der Waals surface area contributed by atoms with E-state index in [1.807, 2.05) is 54.0 Å². The zero-order valence-corrected chi connectivity index (χ0v) is 19.2. The number of para-hydroxylation sites is 2. The molecule has 9 nitrogen and oxygen atoms in total. The molecule has 0 aliphatic carbocycles. The molecule has 1 saturated heterocycles. The highest BCUT2D eigenvalue weighted by molar-refractivity contribution is 6.05. The van der Waals surface area contributed by atoms with Gasteiger partial charge in [0.2, 0.25) is 0 Å². The Kier molecular flexibility index (Phi) is 4.53. The van der Waals surface area contributed by atoms with Crippen molar-refractivity contribution in [3.8, 4) is 17.2 Å². The van der Waals surface area contributed by atoms with Gasteiger partial charge in [0.15, 0.2) is 22.8 Å². The fourth-order valence-electron chi connectivity index (χ4n) is 5.05. The van der Waals surface area contributed by atoms with Gasteiger partial charge in [-0.15, -0.1) is 0 Å². The lowest BCUT2D eigenvalue weighted by atomic mass is 10.2. The Morgan fingerprint density at radius 3 is 2.54 bits per heavy atom. The van der Waals surface area contributed by atoms with Crippen molar-refractivity contribution in [3.63, 3.8) is 0 Å². The number of fused-ring (bicyclic) bond motifs is 5. The lowest BCUT2D eigenvalue weighted by Gasteiger charge is -2.19. The smallest absolute Gasteiger partial charge is 0.265 e. The fraction of sp³-hybridized carbons (Fsp3) is 0.308. The highest BCUT2D eigenvalue weighted by Crippen LogP contribution is 2.35. The topological polar surface area (TPSA) is 93.3 Å². The maximum atomic E-state index is 13.9. The molecule has 35 heavy (non-hydrogen) atoms. The molecule has 176 valence electrons. The van der Waals surface area contributed by atoms with Gasteiger partial charge in [0.25, 0.3) is 5.56 Å². The van der Waals surface area contributed by atoms with E-state index in [1.54, 1.807) is 4.57 Å². The minimum absolute atomic E-state index is 0.0173. The summed E-state index contributed by atoms with van der Waals surface area (Å²) in [6.07, 6.45) is 1.96. The first kappa shape index (κ1) is 20.4. The van der Waals surface area contributed by atoms with Gasteiger partial charge in [-0.3, -0.25) is 13.9 Å². The minimum Gasteiger partial charge on any atom is -0.486 e. The van der Waals surface area contributed by atoms with E-state index >= 15 is 0 Å². The number of ether oxygens (including phenoxy) is 3. The van der Waals surface area contributed by atoms with Crippen molar-refractivity contribution in [2.45, 2.75) is 32.4 Å². The van der Waals surface area contributed by atoms with Crippen molar-refractivity contribution in [1.82, 2.24) is 24.1 Å². The summed E-state index contributed by atoms with van der Waals surface area (Å²) in [6, 6.07) is 13.4. The van der Waals surface area contributed by atoms with Crippen LogP contribution in [0.5, 0.6) is 11.5 Å². The van der Waals surface area contributed by atoms with Gasteiger partial charge in [-0.2, -0.15) is 0 Å². The van der Waals surface area contributed by atoms with Crippen LogP contribution in [0, 0.1) is 6.92 Å². The summed E-state index contributed by atoms with van der Waals surface area (Å²) >= 11 is 0. The molecule has 2 aliphatic heterocycles. The van der Waals surface area contributed by atoms with Gasteiger partial charge in [0.1, 0.15) is 29.9 Å². The first-order valence-electron chi connectivity index (χ1n) is 11.9. The van der Waals surface area contributed by atoms with Crippen molar-refractivity contribution < 1.29 is 14.2 Å². The Labute approximate surface area is 199 Å². The lowest BCUT2D eigenvalue weighted by molar-refractivity contribution is 0.0955. The number of aryl methyl sites for hydroxylation is 1. The zero-order valence-electron chi connectivity index (χ0n) is 19.2. The van der Waals surface area contributed by atoms with Crippen molar-refractivity contribution in [3.05, 3.63) is 58.6 Å². The second kappa shape index (κ2) is 7.78. The van der Waals surface area contributed by atoms with Gasteiger partial charge < -0.3 is 14.2 Å². The van der Waals surface area contributed by atoms with Gasteiger partial charge in [-0.05, 0) is 44.0 Å². The van der Waals surface area contributed by atoms with Gasteiger partial charge in [0.05, 0.1) is 29.4 Å². The maximum Gasteiger partial charge on any atom is 0.265 e. The molecule has 0 amide bonds. The third-order valence-corrected chi connectivity index (χ3v) is 6.75. The van der Waals surface area contributed by atoms with E-state index in [4.69, 9.17) is 29.2 Å². The van der Waals surface area contributed by atoms with Crippen LogP contribution in [-0.2, 0) is 11.3 Å². The number of benzene rings is 2. The Hall–Kier alpha value is -3.98. The third kappa shape index (κ3) is 3.19. The Balaban J connectivity index is 1.55. The average molecular weight is 470 g/mol. The molecule has 2 aliphatic rings. The molecule has 5 aromatic rings. The normalized spacial score (nSPS) is 17.6. The van der Waals surface area contributed by atoms with Crippen LogP contribution in [0.3, 0.4) is 0 Å². The minimum atomic E-state index is -0.131. The molecule has 0 radical (unpaired) electrons. The summed E-state index contributed by atoms with van der Waals surface area (Å²) in [5, 5.41) is 0.455. The summed E-state index contributed by atoms with van der Waals surface area (Å²) in [5.74, 6) is 1.98. The predicted molar refractivity (Wildman–Crippen MR) is 131 cm³/mol. The van der Waals surface area contributed by atoms with E-state index in [0.717, 1.165) is 36.2 Å².